The maximum atomic E-state index is 13.6. The van der Waals surface area contributed by atoms with Crippen molar-refractivity contribution in [3.05, 3.63) is 35.6 Å². The molecule has 1 atom stereocenters. The molecule has 1 aromatic carbocycles. The van der Waals surface area contributed by atoms with Crippen LogP contribution in [0.4, 0.5) is 4.39 Å². The molecule has 1 fully saturated rings. The van der Waals surface area contributed by atoms with Crippen LogP contribution in [0.1, 0.15) is 31.4 Å². The fourth-order valence-electron chi connectivity index (χ4n) is 1.88. The van der Waals surface area contributed by atoms with E-state index in [4.69, 9.17) is 0 Å². The van der Waals surface area contributed by atoms with Crippen LogP contribution in [0, 0.1) is 5.82 Å². The summed E-state index contributed by atoms with van der Waals surface area (Å²) in [7, 11) is 1.72. The number of hydrogen-bond acceptors (Lipinski definition) is 2. The Bertz CT molecular complexity index is 432. The van der Waals surface area contributed by atoms with E-state index in [1.165, 1.54) is 6.07 Å². The molecule has 0 heterocycles. The average molecular weight is 250 g/mol. The minimum absolute atomic E-state index is 0.00217. The number of likely N-dealkylation sites (N-methyl/N-ethyl adjacent to an activating group) is 1. The molecular formula is C14H19FN2O. The van der Waals surface area contributed by atoms with Gasteiger partial charge in [0.15, 0.2) is 0 Å². The van der Waals surface area contributed by atoms with E-state index in [2.05, 4.69) is 5.32 Å². The topological polar surface area (TPSA) is 32.3 Å². The lowest BCUT2D eigenvalue weighted by Gasteiger charge is -2.25. The van der Waals surface area contributed by atoms with Gasteiger partial charge in [-0.2, -0.15) is 0 Å². The van der Waals surface area contributed by atoms with Gasteiger partial charge in [-0.3, -0.25) is 4.79 Å². The first kappa shape index (κ1) is 13.0. The smallest absolute Gasteiger partial charge is 0.236 e. The van der Waals surface area contributed by atoms with Crippen LogP contribution in [0.15, 0.2) is 24.3 Å². The van der Waals surface area contributed by atoms with Crippen molar-refractivity contribution in [3.63, 3.8) is 0 Å². The monoisotopic (exact) mass is 250 g/mol. The Balaban J connectivity index is 1.96. The number of carbonyl (C=O) groups excluding carboxylic acids is 1. The van der Waals surface area contributed by atoms with E-state index < -0.39 is 0 Å². The highest BCUT2D eigenvalue weighted by Crippen LogP contribution is 2.22. The van der Waals surface area contributed by atoms with E-state index in [0.717, 1.165) is 12.8 Å². The van der Waals surface area contributed by atoms with Crippen LogP contribution in [-0.4, -0.2) is 30.4 Å². The molecular weight excluding hydrogens is 231 g/mol. The van der Waals surface area contributed by atoms with Crippen molar-refractivity contribution in [3.8, 4) is 0 Å². The molecule has 4 heteroatoms. The van der Waals surface area contributed by atoms with E-state index in [1.807, 2.05) is 6.92 Å². The maximum Gasteiger partial charge on any atom is 0.236 e. The third kappa shape index (κ3) is 3.07. The highest BCUT2D eigenvalue weighted by atomic mass is 19.1. The van der Waals surface area contributed by atoms with E-state index in [-0.39, 0.29) is 17.8 Å². The number of rotatable bonds is 5. The Morgan fingerprint density at radius 1 is 1.50 bits per heavy atom. The number of halogens is 1. The number of carbonyl (C=O) groups is 1. The minimum atomic E-state index is -0.264. The molecule has 1 amide bonds. The quantitative estimate of drug-likeness (QED) is 0.868. The van der Waals surface area contributed by atoms with E-state index in [0.29, 0.717) is 18.2 Å². The van der Waals surface area contributed by atoms with Gasteiger partial charge in [-0.25, -0.2) is 4.39 Å². The second-order valence-corrected chi connectivity index (χ2v) is 4.86. The van der Waals surface area contributed by atoms with Crippen LogP contribution >= 0.6 is 0 Å². The van der Waals surface area contributed by atoms with Crippen molar-refractivity contribution < 1.29 is 9.18 Å². The third-order valence-corrected chi connectivity index (χ3v) is 3.45. The molecule has 0 aliphatic heterocycles. The molecule has 0 spiro atoms. The molecule has 2 rings (SSSR count). The zero-order valence-corrected chi connectivity index (χ0v) is 10.8. The van der Waals surface area contributed by atoms with Crippen molar-refractivity contribution in [2.75, 3.05) is 13.6 Å². The number of nitrogens with zero attached hydrogens (tertiary/aromatic N) is 1. The molecule has 18 heavy (non-hydrogen) atoms. The summed E-state index contributed by atoms with van der Waals surface area (Å²) in [6.45, 7) is 2.17. The van der Waals surface area contributed by atoms with Crippen molar-refractivity contribution >= 4 is 5.91 Å². The van der Waals surface area contributed by atoms with Gasteiger partial charge < -0.3 is 10.2 Å². The normalized spacial score (nSPS) is 16.4. The number of amides is 1. The summed E-state index contributed by atoms with van der Waals surface area (Å²) >= 11 is 0. The van der Waals surface area contributed by atoms with Gasteiger partial charge in [-0.1, -0.05) is 18.2 Å². The predicted octanol–water partition coefficient (Wildman–Crippen LogP) is 2.10. The van der Waals surface area contributed by atoms with Crippen molar-refractivity contribution in [1.29, 1.82) is 0 Å². The largest absolute Gasteiger partial charge is 0.338 e. The molecule has 1 aromatic rings. The predicted molar refractivity (Wildman–Crippen MR) is 68.6 cm³/mol. The molecule has 1 aliphatic rings. The van der Waals surface area contributed by atoms with Gasteiger partial charge in [-0.05, 0) is 25.8 Å². The number of benzene rings is 1. The summed E-state index contributed by atoms with van der Waals surface area (Å²) < 4.78 is 13.6. The maximum absolute atomic E-state index is 13.6. The molecule has 98 valence electrons. The van der Waals surface area contributed by atoms with Crippen molar-refractivity contribution in [2.45, 2.75) is 31.8 Å². The van der Waals surface area contributed by atoms with Crippen molar-refractivity contribution in [1.82, 2.24) is 10.2 Å². The van der Waals surface area contributed by atoms with E-state index in [9.17, 15) is 9.18 Å². The van der Waals surface area contributed by atoms with Crippen LogP contribution < -0.4 is 5.32 Å². The summed E-state index contributed by atoms with van der Waals surface area (Å²) in [6, 6.07) is 6.84. The van der Waals surface area contributed by atoms with Gasteiger partial charge in [0.2, 0.25) is 5.91 Å². The fraction of sp³-hybridized carbons (Fsp3) is 0.500. The third-order valence-electron chi connectivity index (χ3n) is 3.45. The number of nitrogens with one attached hydrogen (secondary N) is 1. The lowest BCUT2D eigenvalue weighted by Crippen LogP contribution is -2.38. The standard InChI is InChI=1S/C14H19FN2O/c1-10(12-5-3-4-6-13(12)15)17(2)14(18)9-16-11-7-8-11/h3-6,10-11,16H,7-9H2,1-2H3. The van der Waals surface area contributed by atoms with Crippen LogP contribution in [0.3, 0.4) is 0 Å². The Morgan fingerprint density at radius 2 is 2.17 bits per heavy atom. The van der Waals surface area contributed by atoms with E-state index in [1.54, 1.807) is 30.1 Å². The summed E-state index contributed by atoms with van der Waals surface area (Å²) in [5.41, 5.74) is 0.555. The Morgan fingerprint density at radius 3 is 2.78 bits per heavy atom. The molecule has 3 nitrogen and oxygen atoms in total. The van der Waals surface area contributed by atoms with Crippen molar-refractivity contribution in [2.24, 2.45) is 0 Å². The highest BCUT2D eigenvalue weighted by Gasteiger charge is 2.24. The second kappa shape index (κ2) is 5.48. The molecule has 1 saturated carbocycles. The average Bonchev–Trinajstić information content (AvgIpc) is 3.19. The molecule has 1 unspecified atom stereocenters. The van der Waals surface area contributed by atoms with Gasteiger partial charge in [0, 0.05) is 18.7 Å². The SMILES string of the molecule is CC(c1ccccc1F)N(C)C(=O)CNC1CC1. The van der Waals surface area contributed by atoms with Gasteiger partial charge in [0.1, 0.15) is 5.82 Å². The summed E-state index contributed by atoms with van der Waals surface area (Å²) in [5.74, 6) is -0.266. The Labute approximate surface area is 107 Å². The minimum Gasteiger partial charge on any atom is -0.338 e. The Hall–Kier alpha value is -1.42. The van der Waals surface area contributed by atoms with Gasteiger partial charge in [-0.15, -0.1) is 0 Å². The zero-order valence-electron chi connectivity index (χ0n) is 10.8. The molecule has 0 saturated heterocycles. The Kier molecular flexibility index (Phi) is 3.97. The molecule has 0 bridgehead atoms. The summed E-state index contributed by atoms with van der Waals surface area (Å²) in [6.07, 6.45) is 2.31. The zero-order chi connectivity index (χ0) is 13.1. The molecule has 1 aliphatic carbocycles. The summed E-state index contributed by atoms with van der Waals surface area (Å²) in [5, 5.41) is 3.17. The van der Waals surface area contributed by atoms with Crippen LogP contribution in [0.5, 0.6) is 0 Å². The van der Waals surface area contributed by atoms with Crippen LogP contribution in [-0.2, 0) is 4.79 Å². The van der Waals surface area contributed by atoms with Crippen LogP contribution in [0.25, 0.3) is 0 Å². The van der Waals surface area contributed by atoms with E-state index >= 15 is 0 Å². The lowest BCUT2D eigenvalue weighted by molar-refractivity contribution is -0.130. The first-order valence-electron chi connectivity index (χ1n) is 6.33. The first-order chi connectivity index (χ1) is 8.59. The van der Waals surface area contributed by atoms with Gasteiger partial charge in [0.05, 0.1) is 12.6 Å². The summed E-state index contributed by atoms with van der Waals surface area (Å²) in [4.78, 5) is 13.5. The van der Waals surface area contributed by atoms with Crippen LogP contribution in [0.2, 0.25) is 0 Å². The first-order valence-corrected chi connectivity index (χ1v) is 6.33. The second-order valence-electron chi connectivity index (χ2n) is 4.86. The van der Waals surface area contributed by atoms with Gasteiger partial charge in [0.25, 0.3) is 0 Å². The number of hydrogen-bond donors (Lipinski definition) is 1. The molecule has 0 aromatic heterocycles. The highest BCUT2D eigenvalue weighted by molar-refractivity contribution is 5.78. The molecule has 1 N–H and O–H groups in total. The fourth-order valence-corrected chi connectivity index (χ4v) is 1.88. The van der Waals surface area contributed by atoms with Gasteiger partial charge >= 0.3 is 0 Å². The molecule has 0 radical (unpaired) electrons. The lowest BCUT2D eigenvalue weighted by atomic mass is 10.1.